The second-order valence-corrected chi connectivity index (χ2v) is 4.35. The minimum absolute atomic E-state index is 0.0984. The monoisotopic (exact) mass is 254 g/mol. The predicted octanol–water partition coefficient (Wildman–Crippen LogP) is 1.73. The van der Waals surface area contributed by atoms with Crippen LogP contribution in [0.2, 0.25) is 0 Å². The van der Waals surface area contributed by atoms with Crippen molar-refractivity contribution in [2.24, 2.45) is 0 Å². The molecule has 3 rings (SSSR count). The molecule has 0 aliphatic rings. The van der Waals surface area contributed by atoms with Crippen LogP contribution in [0.15, 0.2) is 41.5 Å². The zero-order valence-electron chi connectivity index (χ0n) is 10.6. The average Bonchev–Trinajstić information content (AvgIpc) is 2.86. The number of hydrogen-bond acceptors (Lipinski definition) is 3. The molecule has 2 heterocycles. The first-order chi connectivity index (χ1) is 9.28. The number of benzene rings is 1. The van der Waals surface area contributed by atoms with Gasteiger partial charge in [0.1, 0.15) is 11.6 Å². The highest BCUT2D eigenvalue weighted by molar-refractivity contribution is 5.77. The van der Waals surface area contributed by atoms with Crippen LogP contribution in [0.5, 0.6) is 0 Å². The van der Waals surface area contributed by atoms with Crippen LogP contribution in [0.4, 0.5) is 0 Å². The van der Waals surface area contributed by atoms with Gasteiger partial charge in [-0.2, -0.15) is 0 Å². The highest BCUT2D eigenvalue weighted by atomic mass is 16.1. The molecule has 0 atom stereocenters. The van der Waals surface area contributed by atoms with Crippen molar-refractivity contribution in [1.29, 1.82) is 0 Å². The molecule has 0 unspecified atom stereocenters. The van der Waals surface area contributed by atoms with Gasteiger partial charge in [0.2, 0.25) is 0 Å². The molecule has 1 aromatic carbocycles. The first kappa shape index (κ1) is 11.6. The lowest BCUT2D eigenvalue weighted by molar-refractivity contribution is 0.697. The van der Waals surface area contributed by atoms with Crippen molar-refractivity contribution in [3.05, 3.63) is 58.7 Å². The molecule has 1 N–H and O–H groups in total. The van der Waals surface area contributed by atoms with E-state index in [1.54, 1.807) is 12.3 Å². The van der Waals surface area contributed by atoms with Crippen LogP contribution in [-0.2, 0) is 13.0 Å². The van der Waals surface area contributed by atoms with Gasteiger partial charge in [-0.1, -0.05) is 19.1 Å². The Hall–Kier alpha value is -2.43. The topological polar surface area (TPSA) is 63.6 Å². The van der Waals surface area contributed by atoms with Crippen molar-refractivity contribution in [2.45, 2.75) is 19.9 Å². The van der Waals surface area contributed by atoms with E-state index in [4.69, 9.17) is 0 Å². The molecule has 0 aliphatic heterocycles. The number of aryl methyl sites for hydroxylation is 1. The van der Waals surface area contributed by atoms with E-state index in [1.165, 1.54) is 0 Å². The van der Waals surface area contributed by atoms with Gasteiger partial charge < -0.3 is 9.55 Å². The molecule has 5 heteroatoms. The van der Waals surface area contributed by atoms with Crippen molar-refractivity contribution < 1.29 is 0 Å². The number of fused-ring (bicyclic) bond motifs is 1. The van der Waals surface area contributed by atoms with E-state index in [2.05, 4.69) is 21.9 Å². The Labute approximate surface area is 110 Å². The fourth-order valence-electron chi connectivity index (χ4n) is 2.17. The van der Waals surface area contributed by atoms with Crippen molar-refractivity contribution in [1.82, 2.24) is 19.5 Å². The Bertz CT molecular complexity index is 772. The molecule has 2 aromatic heterocycles. The largest absolute Gasteiger partial charge is 0.327 e. The number of rotatable bonds is 3. The third-order valence-corrected chi connectivity index (χ3v) is 3.10. The molecule has 0 saturated carbocycles. The second-order valence-electron chi connectivity index (χ2n) is 4.35. The van der Waals surface area contributed by atoms with Crippen LogP contribution in [0.25, 0.3) is 10.9 Å². The summed E-state index contributed by atoms with van der Waals surface area (Å²) >= 11 is 0. The standard InChI is InChI=1S/C14H14N4O/c1-2-13-15-7-8-18(13)9-12-16-11-6-4-3-5-10(11)14(19)17-12/h3-8H,2,9H2,1H3,(H,16,17,19). The summed E-state index contributed by atoms with van der Waals surface area (Å²) in [6, 6.07) is 7.35. The molecule has 19 heavy (non-hydrogen) atoms. The smallest absolute Gasteiger partial charge is 0.258 e. The zero-order valence-corrected chi connectivity index (χ0v) is 10.6. The zero-order chi connectivity index (χ0) is 13.2. The lowest BCUT2D eigenvalue weighted by Gasteiger charge is -2.06. The Morgan fingerprint density at radius 3 is 3.00 bits per heavy atom. The van der Waals surface area contributed by atoms with Crippen LogP contribution in [0.3, 0.4) is 0 Å². The van der Waals surface area contributed by atoms with Crippen molar-refractivity contribution in [3.63, 3.8) is 0 Å². The fourth-order valence-corrected chi connectivity index (χ4v) is 2.17. The molecule has 0 saturated heterocycles. The van der Waals surface area contributed by atoms with Crippen molar-refractivity contribution in [2.75, 3.05) is 0 Å². The van der Waals surface area contributed by atoms with Crippen LogP contribution in [0, 0.1) is 0 Å². The van der Waals surface area contributed by atoms with Gasteiger partial charge in [0.25, 0.3) is 5.56 Å². The summed E-state index contributed by atoms with van der Waals surface area (Å²) < 4.78 is 1.99. The maximum absolute atomic E-state index is 12.0. The maximum Gasteiger partial charge on any atom is 0.258 e. The number of H-pyrrole nitrogens is 1. The number of nitrogens with one attached hydrogen (secondary N) is 1. The number of aromatic amines is 1. The minimum atomic E-state index is -0.0984. The van der Waals surface area contributed by atoms with E-state index in [0.29, 0.717) is 17.8 Å². The summed E-state index contributed by atoms with van der Waals surface area (Å²) in [6.07, 6.45) is 4.51. The quantitative estimate of drug-likeness (QED) is 0.774. The lowest BCUT2D eigenvalue weighted by Crippen LogP contribution is -2.15. The van der Waals surface area contributed by atoms with Gasteiger partial charge in [0, 0.05) is 18.8 Å². The lowest BCUT2D eigenvalue weighted by atomic mass is 10.2. The van der Waals surface area contributed by atoms with Crippen molar-refractivity contribution >= 4 is 10.9 Å². The Morgan fingerprint density at radius 2 is 2.16 bits per heavy atom. The molecular weight excluding hydrogens is 240 g/mol. The fraction of sp³-hybridized carbons (Fsp3) is 0.214. The molecular formula is C14H14N4O. The molecule has 96 valence electrons. The number of para-hydroxylation sites is 1. The Kier molecular flexibility index (Phi) is 2.87. The molecule has 5 nitrogen and oxygen atoms in total. The van der Waals surface area contributed by atoms with E-state index in [-0.39, 0.29) is 5.56 Å². The second kappa shape index (κ2) is 4.68. The predicted molar refractivity (Wildman–Crippen MR) is 73.1 cm³/mol. The average molecular weight is 254 g/mol. The number of nitrogens with zero attached hydrogens (tertiary/aromatic N) is 3. The van der Waals surface area contributed by atoms with E-state index in [0.717, 1.165) is 17.8 Å². The van der Waals surface area contributed by atoms with Crippen LogP contribution < -0.4 is 5.56 Å². The SMILES string of the molecule is CCc1nccn1Cc1nc2ccccc2c(=O)[nH]1. The van der Waals surface area contributed by atoms with E-state index < -0.39 is 0 Å². The van der Waals surface area contributed by atoms with Gasteiger partial charge in [-0.3, -0.25) is 4.79 Å². The minimum Gasteiger partial charge on any atom is -0.327 e. The van der Waals surface area contributed by atoms with Crippen molar-refractivity contribution in [3.8, 4) is 0 Å². The molecule has 0 spiro atoms. The van der Waals surface area contributed by atoms with E-state index in [9.17, 15) is 4.79 Å². The van der Waals surface area contributed by atoms with Gasteiger partial charge in [-0.25, -0.2) is 9.97 Å². The Balaban J connectivity index is 2.04. The highest BCUT2D eigenvalue weighted by Crippen LogP contribution is 2.07. The van der Waals surface area contributed by atoms with Gasteiger partial charge in [0.15, 0.2) is 0 Å². The van der Waals surface area contributed by atoms with Crippen LogP contribution >= 0.6 is 0 Å². The number of hydrogen-bond donors (Lipinski definition) is 1. The molecule has 0 aliphatic carbocycles. The first-order valence-corrected chi connectivity index (χ1v) is 6.26. The number of aromatic nitrogens is 4. The molecule has 3 aromatic rings. The van der Waals surface area contributed by atoms with Gasteiger partial charge in [0.05, 0.1) is 17.4 Å². The summed E-state index contributed by atoms with van der Waals surface area (Å²) in [5.74, 6) is 1.63. The highest BCUT2D eigenvalue weighted by Gasteiger charge is 2.06. The maximum atomic E-state index is 12.0. The van der Waals surface area contributed by atoms with Gasteiger partial charge in [-0.05, 0) is 12.1 Å². The van der Waals surface area contributed by atoms with E-state index >= 15 is 0 Å². The van der Waals surface area contributed by atoms with Gasteiger partial charge in [-0.15, -0.1) is 0 Å². The number of imidazole rings is 1. The van der Waals surface area contributed by atoms with E-state index in [1.807, 2.05) is 29.0 Å². The molecule has 0 amide bonds. The third kappa shape index (κ3) is 2.14. The molecule has 0 bridgehead atoms. The Morgan fingerprint density at radius 1 is 1.32 bits per heavy atom. The van der Waals surface area contributed by atoms with Crippen LogP contribution in [-0.4, -0.2) is 19.5 Å². The first-order valence-electron chi connectivity index (χ1n) is 6.26. The molecule has 0 fully saturated rings. The summed E-state index contributed by atoms with van der Waals surface area (Å²) in [5, 5.41) is 0.618. The normalized spacial score (nSPS) is 11.0. The summed E-state index contributed by atoms with van der Waals surface area (Å²) in [5.41, 5.74) is 0.623. The van der Waals surface area contributed by atoms with Gasteiger partial charge >= 0.3 is 0 Å². The summed E-state index contributed by atoms with van der Waals surface area (Å²) in [7, 11) is 0. The third-order valence-electron chi connectivity index (χ3n) is 3.10. The van der Waals surface area contributed by atoms with Crippen LogP contribution in [0.1, 0.15) is 18.6 Å². The summed E-state index contributed by atoms with van der Waals surface area (Å²) in [6.45, 7) is 2.58. The molecule has 0 radical (unpaired) electrons. The summed E-state index contributed by atoms with van der Waals surface area (Å²) in [4.78, 5) is 23.5.